The van der Waals surface area contributed by atoms with Crippen LogP contribution in [0.4, 0.5) is 0 Å². The summed E-state index contributed by atoms with van der Waals surface area (Å²) in [5.41, 5.74) is 0.184. The maximum Gasteiger partial charge on any atom is 0.330 e. The molecule has 0 unspecified atom stereocenters. The summed E-state index contributed by atoms with van der Waals surface area (Å²) in [7, 11) is 3.16. The van der Waals surface area contributed by atoms with Crippen molar-refractivity contribution in [3.05, 3.63) is 128 Å². The number of methoxy groups -OCH3 is 2. The molecule has 54 heavy (non-hydrogen) atoms. The summed E-state index contributed by atoms with van der Waals surface area (Å²) < 4.78 is 31.2. The first kappa shape index (κ1) is 41.5. The van der Waals surface area contributed by atoms with Gasteiger partial charge in [0.05, 0.1) is 33.2 Å². The molecule has 1 fully saturated rings. The summed E-state index contributed by atoms with van der Waals surface area (Å²) in [6, 6.07) is 24.5. The van der Waals surface area contributed by atoms with Crippen molar-refractivity contribution in [2.45, 2.75) is 71.0 Å². The average molecular weight is 746 g/mol. The van der Waals surface area contributed by atoms with Gasteiger partial charge in [0.15, 0.2) is 0 Å². The minimum atomic E-state index is -1.25. The van der Waals surface area contributed by atoms with Crippen LogP contribution in [0.15, 0.2) is 94.6 Å². The first-order valence-corrected chi connectivity index (χ1v) is 18.1. The highest BCUT2D eigenvalue weighted by Gasteiger charge is 2.46. The van der Waals surface area contributed by atoms with Crippen molar-refractivity contribution in [1.29, 1.82) is 0 Å². The highest BCUT2D eigenvalue weighted by atomic mass is 16.6. The first-order valence-electron chi connectivity index (χ1n) is 18.1. The molecule has 4 aromatic rings. The van der Waals surface area contributed by atoms with E-state index in [0.717, 1.165) is 16.7 Å². The minimum Gasteiger partial charge on any atom is -0.497 e. The van der Waals surface area contributed by atoms with Gasteiger partial charge in [0, 0.05) is 18.2 Å². The quantitative estimate of drug-likeness (QED) is 0.114. The SMILES string of the molecule is CCN(CC)CC.COc1ccc(C(O[C@H]2C[C@H](n3cc(C)c(=O)[nH]c3=O)O[C@@H]2COC(=O)CCC(=O)O)(c2ccccc2)c2ccc(OC)cc2)cc1. The number of ether oxygens (including phenoxy) is 5. The van der Waals surface area contributed by atoms with Gasteiger partial charge in [0.1, 0.15) is 36.0 Å². The maximum atomic E-state index is 12.9. The van der Waals surface area contributed by atoms with Crippen molar-refractivity contribution < 1.29 is 38.4 Å². The molecule has 0 spiro atoms. The predicted octanol–water partition coefficient (Wildman–Crippen LogP) is 5.28. The zero-order valence-corrected chi connectivity index (χ0v) is 31.8. The van der Waals surface area contributed by atoms with Gasteiger partial charge in [-0.2, -0.15) is 0 Å². The number of rotatable bonds is 16. The number of carboxylic acid groups (broad SMARTS) is 1. The summed E-state index contributed by atoms with van der Waals surface area (Å²) in [5, 5.41) is 9.01. The van der Waals surface area contributed by atoms with Gasteiger partial charge >= 0.3 is 17.6 Å². The number of nitrogens with one attached hydrogen (secondary N) is 1. The molecule has 290 valence electrons. The molecule has 0 aliphatic carbocycles. The number of hydrogen-bond donors (Lipinski definition) is 2. The lowest BCUT2D eigenvalue weighted by Gasteiger charge is -2.39. The minimum absolute atomic E-state index is 0.142. The molecule has 1 aromatic heterocycles. The number of carbonyl (C=O) groups is 2. The normalized spacial score (nSPS) is 16.7. The van der Waals surface area contributed by atoms with Crippen molar-refractivity contribution in [3.63, 3.8) is 0 Å². The Hall–Kier alpha value is -5.24. The Morgan fingerprint density at radius 2 is 1.39 bits per heavy atom. The zero-order valence-electron chi connectivity index (χ0n) is 31.8. The molecular formula is C41H51N3O10. The van der Waals surface area contributed by atoms with E-state index in [1.807, 2.05) is 78.9 Å². The van der Waals surface area contributed by atoms with Gasteiger partial charge in [-0.05, 0) is 67.5 Å². The number of esters is 1. The standard InChI is InChI=1S/C35H36N2O10.C6H15N/c1-22-20-37(34(42)36-33(22)41)30-19-28(29(46-30)21-45-32(40)18-17-31(38)39)47-35(23-7-5-4-6-8-23,24-9-13-26(43-2)14-10-24)25-11-15-27(44-3)16-12-25;1-4-7(5-2)6-3/h4-16,20,28-30H,17-19,21H2,1-3H3,(H,38,39)(H,36,41,42);4-6H2,1-3H3/t28-,29+,30+;/m0./s1. The van der Waals surface area contributed by atoms with E-state index in [1.54, 1.807) is 21.1 Å². The molecular weight excluding hydrogens is 694 g/mol. The van der Waals surface area contributed by atoms with Crippen LogP contribution in [0.1, 0.15) is 68.5 Å². The predicted molar refractivity (Wildman–Crippen MR) is 203 cm³/mol. The van der Waals surface area contributed by atoms with Crippen LogP contribution < -0.4 is 20.7 Å². The second-order valence-electron chi connectivity index (χ2n) is 12.7. The number of hydrogen-bond acceptors (Lipinski definition) is 10. The van der Waals surface area contributed by atoms with E-state index in [9.17, 15) is 19.2 Å². The Bertz CT molecular complexity index is 1850. The molecule has 0 bridgehead atoms. The third-order valence-corrected chi connectivity index (χ3v) is 9.43. The fourth-order valence-electron chi connectivity index (χ4n) is 6.33. The number of aliphatic carboxylic acids is 1. The van der Waals surface area contributed by atoms with Gasteiger partial charge in [0.25, 0.3) is 5.56 Å². The summed E-state index contributed by atoms with van der Waals surface area (Å²) >= 11 is 0. The van der Waals surface area contributed by atoms with Crippen LogP contribution in [0.5, 0.6) is 11.5 Å². The van der Waals surface area contributed by atoms with Crippen LogP contribution in [-0.4, -0.2) is 84.2 Å². The molecule has 13 nitrogen and oxygen atoms in total. The van der Waals surface area contributed by atoms with Crippen molar-refractivity contribution in [3.8, 4) is 11.5 Å². The Kier molecular flexibility index (Phi) is 15.2. The maximum absolute atomic E-state index is 12.9. The fourth-order valence-corrected chi connectivity index (χ4v) is 6.33. The largest absolute Gasteiger partial charge is 0.497 e. The van der Waals surface area contributed by atoms with Crippen molar-refractivity contribution >= 4 is 11.9 Å². The van der Waals surface area contributed by atoms with E-state index in [-0.39, 0.29) is 25.9 Å². The van der Waals surface area contributed by atoms with E-state index in [4.69, 9.17) is 28.8 Å². The molecule has 3 atom stereocenters. The summed E-state index contributed by atoms with van der Waals surface area (Å²) in [4.78, 5) is 53.2. The van der Waals surface area contributed by atoms with Crippen LogP contribution in [0.2, 0.25) is 0 Å². The molecule has 2 heterocycles. The second-order valence-corrected chi connectivity index (χ2v) is 12.7. The molecule has 13 heteroatoms. The third kappa shape index (κ3) is 10.2. The molecule has 1 saturated heterocycles. The van der Waals surface area contributed by atoms with Gasteiger partial charge in [0.2, 0.25) is 0 Å². The lowest BCUT2D eigenvalue weighted by molar-refractivity contribution is -0.155. The summed E-state index contributed by atoms with van der Waals surface area (Å²) in [5.74, 6) is -0.544. The van der Waals surface area contributed by atoms with Crippen molar-refractivity contribution in [2.75, 3.05) is 40.5 Å². The van der Waals surface area contributed by atoms with E-state index in [2.05, 4.69) is 30.7 Å². The van der Waals surface area contributed by atoms with Gasteiger partial charge in [-0.15, -0.1) is 0 Å². The molecule has 5 rings (SSSR count). The Labute approximate surface area is 315 Å². The van der Waals surface area contributed by atoms with Gasteiger partial charge in [-0.3, -0.25) is 23.9 Å². The van der Waals surface area contributed by atoms with E-state index < -0.39 is 47.2 Å². The summed E-state index contributed by atoms with van der Waals surface area (Å²) in [6.07, 6.45) is -1.69. The van der Waals surface area contributed by atoms with Crippen LogP contribution in [0.25, 0.3) is 0 Å². The Balaban J connectivity index is 0.000000845. The second kappa shape index (κ2) is 19.7. The molecule has 2 N–H and O–H groups in total. The zero-order chi connectivity index (χ0) is 39.3. The van der Waals surface area contributed by atoms with E-state index in [0.29, 0.717) is 17.1 Å². The Morgan fingerprint density at radius 3 is 1.87 bits per heavy atom. The number of aromatic amines is 1. The highest BCUT2D eigenvalue weighted by Crippen LogP contribution is 2.45. The van der Waals surface area contributed by atoms with Crippen molar-refractivity contribution in [2.24, 2.45) is 0 Å². The monoisotopic (exact) mass is 745 g/mol. The number of carboxylic acids is 1. The Morgan fingerprint density at radius 1 is 0.852 bits per heavy atom. The van der Waals surface area contributed by atoms with Crippen LogP contribution in [-0.2, 0) is 29.4 Å². The first-order chi connectivity index (χ1) is 26.0. The molecule has 1 aliphatic rings. The number of carbonyl (C=O) groups excluding carboxylic acids is 1. The van der Waals surface area contributed by atoms with E-state index >= 15 is 0 Å². The van der Waals surface area contributed by atoms with Crippen LogP contribution in [0, 0.1) is 6.92 Å². The number of H-pyrrole nitrogens is 1. The fraction of sp³-hybridized carbons (Fsp3) is 0.415. The van der Waals surface area contributed by atoms with E-state index in [1.165, 1.54) is 30.4 Å². The third-order valence-electron chi connectivity index (χ3n) is 9.43. The number of aromatic nitrogens is 2. The average Bonchev–Trinajstić information content (AvgIpc) is 3.59. The smallest absolute Gasteiger partial charge is 0.330 e. The molecule has 0 radical (unpaired) electrons. The van der Waals surface area contributed by atoms with Gasteiger partial charge < -0.3 is 33.7 Å². The number of nitrogens with zero attached hydrogens (tertiary/aromatic N) is 2. The van der Waals surface area contributed by atoms with Crippen molar-refractivity contribution in [1.82, 2.24) is 14.5 Å². The van der Waals surface area contributed by atoms with Crippen LogP contribution >= 0.6 is 0 Å². The van der Waals surface area contributed by atoms with Crippen LogP contribution in [0.3, 0.4) is 0 Å². The number of aryl methyl sites for hydroxylation is 1. The molecule has 1 aliphatic heterocycles. The summed E-state index contributed by atoms with van der Waals surface area (Å²) in [6.45, 7) is 11.4. The molecule has 3 aromatic carbocycles. The number of benzene rings is 3. The topological polar surface area (TPSA) is 159 Å². The van der Waals surface area contributed by atoms with Gasteiger partial charge in [-0.1, -0.05) is 75.4 Å². The molecule has 0 saturated carbocycles. The van der Waals surface area contributed by atoms with Gasteiger partial charge in [-0.25, -0.2) is 4.79 Å². The molecule has 0 amide bonds. The lowest BCUT2D eigenvalue weighted by Crippen LogP contribution is -2.41. The highest BCUT2D eigenvalue weighted by molar-refractivity contribution is 5.76. The lowest BCUT2D eigenvalue weighted by atomic mass is 9.79.